The van der Waals surface area contributed by atoms with Gasteiger partial charge in [0.05, 0.1) is 18.7 Å². The number of hydrogen-bond donors (Lipinski definition) is 3. The molecule has 1 saturated heterocycles. The van der Waals surface area contributed by atoms with Gasteiger partial charge in [-0.2, -0.15) is 0 Å². The minimum absolute atomic E-state index is 0.0200. The largest absolute Gasteiger partial charge is 0.505 e. The third kappa shape index (κ3) is 4.28. The molecule has 4 rings (SSSR count). The number of aromatic nitrogens is 1. The fourth-order valence-electron chi connectivity index (χ4n) is 3.61. The summed E-state index contributed by atoms with van der Waals surface area (Å²) in [5.41, 5.74) is -0.724. The first-order chi connectivity index (χ1) is 15.4. The minimum Gasteiger partial charge on any atom is -0.505 e. The molecule has 0 aliphatic carbocycles. The van der Waals surface area contributed by atoms with Crippen LogP contribution in [0.2, 0.25) is 0 Å². The van der Waals surface area contributed by atoms with Gasteiger partial charge in [-0.1, -0.05) is 25.1 Å². The van der Waals surface area contributed by atoms with Crippen molar-refractivity contribution < 1.29 is 33.4 Å². The molecule has 2 aliphatic rings. The van der Waals surface area contributed by atoms with Gasteiger partial charge in [0.15, 0.2) is 23.4 Å². The summed E-state index contributed by atoms with van der Waals surface area (Å²) in [6.45, 7) is 4.93. The Morgan fingerprint density at radius 2 is 2.09 bits per heavy atom. The van der Waals surface area contributed by atoms with Gasteiger partial charge in [0.1, 0.15) is 11.6 Å². The fourth-order valence-corrected chi connectivity index (χ4v) is 3.61. The molecular weight excluding hydrogens is 426 g/mol. The van der Waals surface area contributed by atoms with Gasteiger partial charge < -0.3 is 29.8 Å². The summed E-state index contributed by atoms with van der Waals surface area (Å²) in [5.74, 6) is -3.47. The van der Waals surface area contributed by atoms with Crippen LogP contribution < -0.4 is 5.32 Å². The van der Waals surface area contributed by atoms with E-state index in [1.165, 1.54) is 21.7 Å². The van der Waals surface area contributed by atoms with E-state index in [0.29, 0.717) is 25.6 Å². The number of aromatic hydroxyl groups is 1. The summed E-state index contributed by atoms with van der Waals surface area (Å²) in [6.07, 6.45) is 1.51. The van der Waals surface area contributed by atoms with Crippen LogP contribution in [0.4, 0.5) is 8.78 Å². The monoisotopic (exact) mass is 450 g/mol. The summed E-state index contributed by atoms with van der Waals surface area (Å²) in [4.78, 5) is 26.7. The summed E-state index contributed by atoms with van der Waals surface area (Å²) in [7, 11) is 0. The van der Waals surface area contributed by atoms with Crippen molar-refractivity contribution in [2.75, 3.05) is 13.2 Å². The molecule has 3 heterocycles. The van der Waals surface area contributed by atoms with Gasteiger partial charge in [-0.25, -0.2) is 8.78 Å². The van der Waals surface area contributed by atoms with Gasteiger partial charge in [0.2, 0.25) is 0 Å². The second-order valence-electron chi connectivity index (χ2n) is 6.94. The highest BCUT2D eigenvalue weighted by Gasteiger charge is 2.39. The highest BCUT2D eigenvalue weighted by atomic mass is 19.1. The number of fused-ring (bicyclic) bond motifs is 2. The molecule has 0 saturated carbocycles. The Balaban J connectivity index is 0.00000141. The number of halogens is 2. The lowest BCUT2D eigenvalue weighted by molar-refractivity contribution is -0.115. The highest BCUT2D eigenvalue weighted by molar-refractivity contribution is 6.46. The number of benzene rings is 1. The van der Waals surface area contributed by atoms with E-state index in [1.807, 2.05) is 13.8 Å². The summed E-state index contributed by atoms with van der Waals surface area (Å²) in [6, 6.07) is 2.89. The molecule has 1 atom stereocenters. The molecule has 9 nitrogen and oxygen atoms in total. The Labute approximate surface area is 182 Å². The maximum Gasteiger partial charge on any atom is 0.276 e. The third-order valence-corrected chi connectivity index (χ3v) is 5.09. The van der Waals surface area contributed by atoms with Crippen LogP contribution in [0.1, 0.15) is 41.9 Å². The van der Waals surface area contributed by atoms with Gasteiger partial charge in [-0.15, -0.1) is 0 Å². The first-order valence-electron chi connectivity index (χ1n) is 10.2. The molecule has 0 spiro atoms. The van der Waals surface area contributed by atoms with E-state index < -0.39 is 41.1 Å². The molecule has 1 aromatic carbocycles. The van der Waals surface area contributed by atoms with E-state index in [9.17, 15) is 28.7 Å². The van der Waals surface area contributed by atoms with Gasteiger partial charge in [0.25, 0.3) is 11.8 Å². The molecule has 32 heavy (non-hydrogen) atoms. The Bertz CT molecular complexity index is 1050. The summed E-state index contributed by atoms with van der Waals surface area (Å²) >= 11 is 0. The average Bonchev–Trinajstić information content (AvgIpc) is 3.11. The first-order valence-corrected chi connectivity index (χ1v) is 10.2. The molecule has 2 aromatic rings. The number of ether oxygens (including phenoxy) is 1. The lowest BCUT2D eigenvalue weighted by Crippen LogP contribution is -2.52. The lowest BCUT2D eigenvalue weighted by atomic mass is 10.1. The van der Waals surface area contributed by atoms with Crippen molar-refractivity contribution in [1.29, 1.82) is 0 Å². The molecule has 1 fully saturated rings. The van der Waals surface area contributed by atoms with Crippen LogP contribution in [0, 0.1) is 11.6 Å². The Morgan fingerprint density at radius 3 is 2.78 bits per heavy atom. The molecule has 11 heteroatoms. The molecular formula is C21H24F2N4O5. The number of carbonyl (C=O) groups excluding carboxylic acids is 2. The van der Waals surface area contributed by atoms with Gasteiger partial charge >= 0.3 is 0 Å². The van der Waals surface area contributed by atoms with Crippen LogP contribution in [0.5, 0.6) is 5.75 Å². The first kappa shape index (κ1) is 23.2. The van der Waals surface area contributed by atoms with Crippen molar-refractivity contribution >= 4 is 17.5 Å². The molecule has 172 valence electrons. The molecule has 0 bridgehead atoms. The van der Waals surface area contributed by atoms with Crippen LogP contribution in [0.25, 0.3) is 0 Å². The number of hydrogen-bond acceptors (Lipinski definition) is 6. The van der Waals surface area contributed by atoms with Gasteiger partial charge in [0, 0.05) is 30.9 Å². The van der Waals surface area contributed by atoms with E-state index >= 15 is 0 Å². The Morgan fingerprint density at radius 1 is 1.34 bits per heavy atom. The highest BCUT2D eigenvalue weighted by Crippen LogP contribution is 2.32. The number of nitrogens with zero attached hydrogens (tertiary/aromatic N) is 3. The number of carbonyl (C=O) groups is 2. The zero-order valence-electron chi connectivity index (χ0n) is 17.6. The Kier molecular flexibility index (Phi) is 7.08. The van der Waals surface area contributed by atoms with Crippen molar-refractivity contribution in [2.24, 2.45) is 5.16 Å². The summed E-state index contributed by atoms with van der Waals surface area (Å²) in [5, 5.41) is 25.2. The topological polar surface area (TPSA) is 116 Å². The van der Waals surface area contributed by atoms with E-state index in [1.54, 1.807) is 0 Å². The number of amides is 2. The fraction of sp³-hybridized carbons (Fsp3) is 0.381. The Hall–Kier alpha value is -3.47. The van der Waals surface area contributed by atoms with E-state index in [-0.39, 0.29) is 29.9 Å². The van der Waals surface area contributed by atoms with E-state index in [2.05, 4.69) is 10.5 Å². The zero-order chi connectivity index (χ0) is 23.4. The average molecular weight is 450 g/mol. The van der Waals surface area contributed by atoms with Crippen LogP contribution in [-0.4, -0.2) is 56.7 Å². The maximum atomic E-state index is 13.7. The van der Waals surface area contributed by atoms with Crippen LogP contribution in [0.3, 0.4) is 0 Å². The van der Waals surface area contributed by atoms with Crippen molar-refractivity contribution in [3.05, 3.63) is 52.9 Å². The van der Waals surface area contributed by atoms with Crippen LogP contribution >= 0.6 is 0 Å². The second-order valence-corrected chi connectivity index (χ2v) is 6.94. The lowest BCUT2D eigenvalue weighted by Gasteiger charge is -2.39. The van der Waals surface area contributed by atoms with Crippen molar-refractivity contribution in [2.45, 2.75) is 39.6 Å². The predicted molar refractivity (Wildman–Crippen MR) is 109 cm³/mol. The molecule has 3 N–H and O–H groups in total. The van der Waals surface area contributed by atoms with E-state index in [0.717, 1.165) is 6.07 Å². The minimum atomic E-state index is -0.916. The van der Waals surface area contributed by atoms with Crippen LogP contribution in [0.15, 0.2) is 29.6 Å². The van der Waals surface area contributed by atoms with E-state index in [4.69, 9.17) is 4.74 Å². The van der Waals surface area contributed by atoms with Crippen LogP contribution in [-0.2, 0) is 22.6 Å². The quantitative estimate of drug-likeness (QED) is 0.375. The predicted octanol–water partition coefficient (Wildman–Crippen LogP) is 2.20. The molecule has 2 aliphatic heterocycles. The molecule has 0 radical (unpaired) electrons. The SMILES string of the molecule is CC.O=C(NCc1ccc(F)cc1F)/C(=N/O)c1cn2c(c1O)C(=O)N1CCCOC1C2. The number of rotatable bonds is 4. The zero-order valence-corrected chi connectivity index (χ0v) is 17.6. The van der Waals surface area contributed by atoms with Crippen molar-refractivity contribution in [3.8, 4) is 5.75 Å². The molecule has 2 amide bonds. The molecule has 1 unspecified atom stereocenters. The normalized spacial score (nSPS) is 17.8. The van der Waals surface area contributed by atoms with Gasteiger partial charge in [-0.05, 0) is 12.5 Å². The number of oxime groups is 1. The third-order valence-electron chi connectivity index (χ3n) is 5.09. The maximum absolute atomic E-state index is 13.7. The smallest absolute Gasteiger partial charge is 0.276 e. The standard InChI is InChI=1S/C19H18F2N4O5.C2H6/c20-11-3-2-10(13(21)6-11)7-22-18(27)15(23-29)12-8-24-9-14-25(4-1-5-30-14)19(28)16(24)17(12)26;1-2/h2-3,6,8,14,26,29H,1,4-5,7,9H2,(H,22,27);1-2H3/b23-15+;. The van der Waals surface area contributed by atoms with Gasteiger partial charge in [-0.3, -0.25) is 9.59 Å². The number of nitrogens with one attached hydrogen (secondary N) is 1. The van der Waals surface area contributed by atoms with Crippen molar-refractivity contribution in [3.63, 3.8) is 0 Å². The molecule has 1 aromatic heterocycles. The van der Waals surface area contributed by atoms with Crippen molar-refractivity contribution in [1.82, 2.24) is 14.8 Å². The second kappa shape index (κ2) is 9.77. The summed E-state index contributed by atoms with van der Waals surface area (Å²) < 4.78 is 33.8.